The zero-order valence-corrected chi connectivity index (χ0v) is 11.1. The lowest BCUT2D eigenvalue weighted by Crippen LogP contribution is -2.22. The number of hydrogen-bond donors (Lipinski definition) is 1. The molecule has 1 aromatic heterocycles. The zero-order valence-electron chi connectivity index (χ0n) is 11.1. The van der Waals surface area contributed by atoms with Crippen molar-refractivity contribution in [3.8, 4) is 0 Å². The van der Waals surface area contributed by atoms with Crippen molar-refractivity contribution in [1.29, 1.82) is 0 Å². The van der Waals surface area contributed by atoms with Crippen molar-refractivity contribution in [1.82, 2.24) is 9.55 Å². The minimum atomic E-state index is -0.716. The van der Waals surface area contributed by atoms with E-state index in [0.29, 0.717) is 19.4 Å². The molecule has 0 bridgehead atoms. The smallest absolute Gasteiger partial charge is 0.306 e. The topological polar surface area (TPSA) is 64.4 Å². The number of aromatic nitrogens is 2. The van der Waals surface area contributed by atoms with Gasteiger partial charge in [-0.2, -0.15) is 0 Å². The van der Waals surface area contributed by atoms with Crippen molar-refractivity contribution in [2.24, 2.45) is 13.0 Å². The van der Waals surface area contributed by atoms with E-state index in [9.17, 15) is 4.79 Å². The lowest BCUT2D eigenvalue weighted by molar-refractivity contribution is -0.142. The molecule has 100 valence electrons. The molecule has 5 heteroatoms. The van der Waals surface area contributed by atoms with Crippen molar-refractivity contribution in [3.63, 3.8) is 0 Å². The molecule has 18 heavy (non-hydrogen) atoms. The molecule has 0 aliphatic heterocycles. The molecule has 1 aliphatic rings. The fourth-order valence-corrected chi connectivity index (χ4v) is 2.35. The highest BCUT2D eigenvalue weighted by Gasteiger charge is 2.28. The van der Waals surface area contributed by atoms with E-state index in [1.807, 2.05) is 20.9 Å². The highest BCUT2D eigenvalue weighted by atomic mass is 16.5. The molecule has 1 N–H and O–H groups in total. The monoisotopic (exact) mass is 252 g/mol. The normalized spacial score (nSPS) is 19.0. The standard InChI is InChI=1S/C13H20N2O3/c1-8(2)18-7-12-14-10-6-9(13(16)17)4-5-11(10)15(12)3/h8-9H,4-7H2,1-3H3,(H,16,17). The number of carbonyl (C=O) groups is 1. The Kier molecular flexibility index (Phi) is 3.71. The Morgan fingerprint density at radius 1 is 1.61 bits per heavy atom. The second-order valence-corrected chi connectivity index (χ2v) is 5.12. The number of fused-ring (bicyclic) bond motifs is 1. The molecule has 5 nitrogen and oxygen atoms in total. The molecule has 0 fully saturated rings. The van der Waals surface area contributed by atoms with Crippen LogP contribution in [0.1, 0.15) is 37.5 Å². The number of nitrogens with zero attached hydrogens (tertiary/aromatic N) is 2. The molecule has 0 amide bonds. The van der Waals surface area contributed by atoms with Crippen LogP contribution in [0.15, 0.2) is 0 Å². The summed E-state index contributed by atoms with van der Waals surface area (Å²) in [5, 5.41) is 9.06. The van der Waals surface area contributed by atoms with Gasteiger partial charge in [-0.15, -0.1) is 0 Å². The summed E-state index contributed by atoms with van der Waals surface area (Å²) < 4.78 is 7.61. The predicted molar refractivity (Wildman–Crippen MR) is 66.3 cm³/mol. The second kappa shape index (κ2) is 5.10. The van der Waals surface area contributed by atoms with E-state index < -0.39 is 5.97 Å². The van der Waals surface area contributed by atoms with Crippen LogP contribution in [0.5, 0.6) is 0 Å². The third-order valence-electron chi connectivity index (χ3n) is 3.45. The van der Waals surface area contributed by atoms with Gasteiger partial charge in [0, 0.05) is 19.2 Å². The van der Waals surface area contributed by atoms with E-state index in [2.05, 4.69) is 9.55 Å². The van der Waals surface area contributed by atoms with Gasteiger partial charge in [0.1, 0.15) is 12.4 Å². The fraction of sp³-hybridized carbons (Fsp3) is 0.692. The van der Waals surface area contributed by atoms with Gasteiger partial charge in [-0.3, -0.25) is 4.79 Å². The average Bonchev–Trinajstić information content (AvgIpc) is 2.63. The molecule has 2 rings (SSSR count). The third-order valence-corrected chi connectivity index (χ3v) is 3.45. The van der Waals surface area contributed by atoms with Crippen LogP contribution in [0.3, 0.4) is 0 Å². The van der Waals surface area contributed by atoms with Gasteiger partial charge in [0.15, 0.2) is 0 Å². The van der Waals surface area contributed by atoms with Crippen LogP contribution in [-0.4, -0.2) is 26.7 Å². The Balaban J connectivity index is 2.15. The zero-order chi connectivity index (χ0) is 13.3. The summed E-state index contributed by atoms with van der Waals surface area (Å²) in [7, 11) is 1.98. The first-order valence-corrected chi connectivity index (χ1v) is 6.36. The van der Waals surface area contributed by atoms with E-state index in [0.717, 1.165) is 23.6 Å². The Bertz CT molecular complexity index is 451. The molecule has 0 radical (unpaired) electrons. The van der Waals surface area contributed by atoms with Crippen molar-refractivity contribution in [2.75, 3.05) is 0 Å². The van der Waals surface area contributed by atoms with E-state index in [-0.39, 0.29) is 12.0 Å². The number of hydrogen-bond acceptors (Lipinski definition) is 3. The first-order valence-electron chi connectivity index (χ1n) is 6.36. The Hall–Kier alpha value is -1.36. The second-order valence-electron chi connectivity index (χ2n) is 5.12. The molecular weight excluding hydrogens is 232 g/mol. The summed E-state index contributed by atoms with van der Waals surface area (Å²) in [4.78, 5) is 15.5. The summed E-state index contributed by atoms with van der Waals surface area (Å²) in [5.41, 5.74) is 2.09. The molecule has 1 atom stereocenters. The molecule has 0 saturated heterocycles. The average molecular weight is 252 g/mol. The maximum atomic E-state index is 11.0. The van der Waals surface area contributed by atoms with E-state index in [1.54, 1.807) is 0 Å². The number of carboxylic acid groups (broad SMARTS) is 1. The molecule has 1 unspecified atom stereocenters. The van der Waals surface area contributed by atoms with Gasteiger partial charge in [0.05, 0.1) is 17.7 Å². The van der Waals surface area contributed by atoms with Gasteiger partial charge < -0.3 is 14.4 Å². The molecular formula is C13H20N2O3. The first-order chi connectivity index (χ1) is 8.49. The van der Waals surface area contributed by atoms with Crippen LogP contribution in [0.2, 0.25) is 0 Å². The quantitative estimate of drug-likeness (QED) is 0.882. The number of rotatable bonds is 4. The molecule has 0 spiro atoms. The maximum Gasteiger partial charge on any atom is 0.306 e. The Labute approximate surface area is 107 Å². The minimum Gasteiger partial charge on any atom is -0.481 e. The van der Waals surface area contributed by atoms with E-state index in [1.165, 1.54) is 0 Å². The van der Waals surface area contributed by atoms with Crippen molar-refractivity contribution in [2.45, 2.75) is 45.8 Å². The van der Waals surface area contributed by atoms with Crippen LogP contribution in [0.4, 0.5) is 0 Å². The van der Waals surface area contributed by atoms with Crippen LogP contribution >= 0.6 is 0 Å². The van der Waals surface area contributed by atoms with Crippen molar-refractivity contribution in [3.05, 3.63) is 17.2 Å². The molecule has 1 aromatic rings. The van der Waals surface area contributed by atoms with Crippen LogP contribution < -0.4 is 0 Å². The summed E-state index contributed by atoms with van der Waals surface area (Å²) in [6, 6.07) is 0. The lowest BCUT2D eigenvalue weighted by Gasteiger charge is -2.18. The van der Waals surface area contributed by atoms with Gasteiger partial charge >= 0.3 is 5.97 Å². The molecule has 1 aliphatic carbocycles. The number of carboxylic acids is 1. The van der Waals surface area contributed by atoms with Crippen LogP contribution in [0.25, 0.3) is 0 Å². The summed E-state index contributed by atoms with van der Waals surface area (Å²) in [5.74, 6) is -0.114. The molecule has 0 aromatic carbocycles. The lowest BCUT2D eigenvalue weighted by atomic mass is 9.90. The maximum absolute atomic E-state index is 11.0. The highest BCUT2D eigenvalue weighted by molar-refractivity contribution is 5.70. The van der Waals surface area contributed by atoms with E-state index >= 15 is 0 Å². The van der Waals surface area contributed by atoms with Crippen molar-refractivity contribution < 1.29 is 14.6 Å². The molecule has 0 saturated carbocycles. The fourth-order valence-electron chi connectivity index (χ4n) is 2.35. The van der Waals surface area contributed by atoms with Gasteiger partial charge in [-0.1, -0.05) is 0 Å². The Morgan fingerprint density at radius 3 is 2.94 bits per heavy atom. The summed E-state index contributed by atoms with van der Waals surface area (Å²) in [6.07, 6.45) is 2.20. The number of aliphatic carboxylic acids is 1. The van der Waals surface area contributed by atoms with Crippen molar-refractivity contribution >= 4 is 5.97 Å². The minimum absolute atomic E-state index is 0.172. The molecule has 1 heterocycles. The predicted octanol–water partition coefficient (Wildman–Crippen LogP) is 1.53. The number of ether oxygens (including phenoxy) is 1. The van der Waals surface area contributed by atoms with Gasteiger partial charge in [0.2, 0.25) is 0 Å². The SMILES string of the molecule is CC(C)OCc1nc2c(n1C)CCC(C(=O)O)C2. The third kappa shape index (κ3) is 2.56. The van der Waals surface area contributed by atoms with Gasteiger partial charge in [0.25, 0.3) is 0 Å². The number of imidazole rings is 1. The van der Waals surface area contributed by atoms with Crippen LogP contribution in [-0.2, 0) is 36.0 Å². The Morgan fingerprint density at radius 2 is 2.33 bits per heavy atom. The van der Waals surface area contributed by atoms with Crippen LogP contribution in [0, 0.1) is 5.92 Å². The summed E-state index contributed by atoms with van der Waals surface area (Å²) >= 11 is 0. The first kappa shape index (κ1) is 13.1. The summed E-state index contributed by atoms with van der Waals surface area (Å²) in [6.45, 7) is 4.46. The van der Waals surface area contributed by atoms with Gasteiger partial charge in [-0.25, -0.2) is 4.98 Å². The highest BCUT2D eigenvalue weighted by Crippen LogP contribution is 2.26. The largest absolute Gasteiger partial charge is 0.481 e. The van der Waals surface area contributed by atoms with Gasteiger partial charge in [-0.05, 0) is 26.7 Å². The van der Waals surface area contributed by atoms with E-state index in [4.69, 9.17) is 9.84 Å².